The van der Waals surface area contributed by atoms with Crippen LogP contribution in [0.1, 0.15) is 150 Å². The summed E-state index contributed by atoms with van der Waals surface area (Å²) in [5.74, 6) is 5.39. The van der Waals surface area contributed by atoms with Gasteiger partial charge < -0.3 is 76.1 Å². The van der Waals surface area contributed by atoms with Gasteiger partial charge in [0.25, 0.3) is 11.8 Å². The van der Waals surface area contributed by atoms with Crippen LogP contribution in [-0.2, 0) is 29.1 Å². The smallest absolute Gasteiger partial charge is 0.410 e. The molecule has 21 nitrogen and oxygen atoms in total. The van der Waals surface area contributed by atoms with Crippen molar-refractivity contribution in [2.45, 2.75) is 161 Å². The highest BCUT2D eigenvalue weighted by atomic mass is 16.6. The highest BCUT2D eigenvalue weighted by molar-refractivity contribution is 5.97. The van der Waals surface area contributed by atoms with E-state index in [1.807, 2.05) is 136 Å². The molecule has 3 aliphatic heterocycles. The normalized spacial score (nSPS) is 17.3. The van der Waals surface area contributed by atoms with E-state index in [0.717, 1.165) is 109 Å². The fourth-order valence-corrected chi connectivity index (χ4v) is 14.1. The summed E-state index contributed by atoms with van der Waals surface area (Å²) in [7, 11) is 9.24. The van der Waals surface area contributed by atoms with Crippen molar-refractivity contribution in [1.29, 1.82) is 0 Å². The third-order valence-corrected chi connectivity index (χ3v) is 18.8. The maximum Gasteiger partial charge on any atom is 0.410 e. The molecule has 8 aromatic rings. The van der Waals surface area contributed by atoms with Crippen LogP contribution in [0, 0.1) is 5.92 Å². The van der Waals surface area contributed by atoms with Crippen molar-refractivity contribution in [3.05, 3.63) is 144 Å². The summed E-state index contributed by atoms with van der Waals surface area (Å²) >= 11 is 0. The van der Waals surface area contributed by atoms with E-state index < -0.39 is 11.2 Å². The Labute approximate surface area is 588 Å². The third kappa shape index (κ3) is 19.1. The maximum absolute atomic E-state index is 14.1. The SMILES string of the molecule is CC(C)(C)OC(=O)N1CCC[C@H]1CNCc1cc2ccccc2o1.COc1cc(C(=O)N(Cc2cc3ccccc3o2)C[C@@H]2CCCN2C(=O)OC(C)(C)C)cc(OC)c1OC.COc1cc(C(=O)N(Cc2cc3ccccc3o2)C[C@@H]2CCCN2CC2CCCCC2)cc(OC)c1OC. The third-order valence-electron chi connectivity index (χ3n) is 18.8. The van der Waals surface area contributed by atoms with Gasteiger partial charge in [0.15, 0.2) is 23.0 Å². The average molecular weight is 1380 g/mol. The number of amides is 4. The lowest BCUT2D eigenvalue weighted by Gasteiger charge is -2.34. The van der Waals surface area contributed by atoms with E-state index in [-0.39, 0.29) is 42.6 Å². The Kier molecular flexibility index (Phi) is 24.9. The predicted molar refractivity (Wildman–Crippen MR) is 385 cm³/mol. The zero-order valence-electron chi connectivity index (χ0n) is 60.5. The minimum absolute atomic E-state index is 0.0748. The van der Waals surface area contributed by atoms with Crippen molar-refractivity contribution in [1.82, 2.24) is 29.8 Å². The van der Waals surface area contributed by atoms with E-state index in [2.05, 4.69) is 16.3 Å². The zero-order chi connectivity index (χ0) is 71.1. The number of benzene rings is 5. The second-order valence-corrected chi connectivity index (χ2v) is 28.3. The van der Waals surface area contributed by atoms with Gasteiger partial charge >= 0.3 is 12.2 Å². The van der Waals surface area contributed by atoms with Crippen LogP contribution in [0.5, 0.6) is 34.5 Å². The van der Waals surface area contributed by atoms with Gasteiger partial charge in [-0.25, -0.2) is 9.59 Å². The molecule has 0 radical (unpaired) electrons. The molecule has 4 fully saturated rings. The summed E-state index contributed by atoms with van der Waals surface area (Å²) in [5, 5.41) is 6.53. The standard InChI is InChI=1S/C31H40N2O5.C29H36N2O7.C19H26N2O3/c1-35-28-17-24(18-29(36-2)30(28)37-3)31(34)33(21-26-16-23-12-7-8-14-27(23)38-26)20-25-13-9-15-32(25)19-22-10-5-4-6-11-22;1-29(2,3)38-28(33)31-13-9-11-21(31)17-30(18-22-14-19-10-7-8-12-23(19)37-22)27(32)20-15-24(34-4)26(36-6)25(16-20)35-5;1-19(2,3)24-18(22)21-10-6-8-15(21)12-20-13-16-11-14-7-4-5-9-17(14)23-16/h7-8,12,14,16-18,22,25H,4-6,9-11,13,15,19-21H2,1-3H3;7-8,10,12,14-16,21H,9,11,13,17-18H2,1-6H3;4-5,7,9,11,15,20H,6,8,10,12-13H2,1-3H3/t25-;21-;15-/m000/s1. The van der Waals surface area contributed by atoms with Crippen LogP contribution in [0.15, 0.2) is 129 Å². The number of nitrogens with one attached hydrogen (secondary N) is 1. The van der Waals surface area contributed by atoms with E-state index in [1.165, 1.54) is 59.9 Å². The predicted octanol–water partition coefficient (Wildman–Crippen LogP) is 15.6. The first-order valence-electron chi connectivity index (χ1n) is 35.2. The summed E-state index contributed by atoms with van der Waals surface area (Å²) in [6.07, 6.45) is 12.0. The van der Waals surface area contributed by atoms with Gasteiger partial charge in [-0.15, -0.1) is 0 Å². The molecule has 4 amide bonds. The van der Waals surface area contributed by atoms with E-state index in [9.17, 15) is 19.2 Å². The minimum atomic E-state index is -0.607. The van der Waals surface area contributed by atoms with Crippen LogP contribution in [0.25, 0.3) is 32.9 Å². The summed E-state index contributed by atoms with van der Waals surface area (Å²) in [5.41, 5.74) is 2.31. The Hall–Kier alpha value is -9.08. The number of rotatable bonds is 22. The molecular formula is C79H102N6O15. The van der Waals surface area contributed by atoms with Crippen LogP contribution in [0.4, 0.5) is 9.59 Å². The number of carbonyl (C=O) groups excluding carboxylic acids is 4. The van der Waals surface area contributed by atoms with Gasteiger partial charge in [0.05, 0.1) is 68.3 Å². The van der Waals surface area contributed by atoms with Crippen LogP contribution >= 0.6 is 0 Å². The molecule has 3 saturated heterocycles. The van der Waals surface area contributed by atoms with Crippen molar-refractivity contribution >= 4 is 56.9 Å². The van der Waals surface area contributed by atoms with E-state index >= 15 is 0 Å². The lowest BCUT2D eigenvalue weighted by Crippen LogP contribution is -2.46. The van der Waals surface area contributed by atoms with Crippen LogP contribution < -0.4 is 33.7 Å². The second-order valence-electron chi connectivity index (χ2n) is 28.3. The van der Waals surface area contributed by atoms with Crippen molar-refractivity contribution in [3.63, 3.8) is 0 Å². The molecular weight excluding hydrogens is 1270 g/mol. The molecule has 3 aromatic heterocycles. The van der Waals surface area contributed by atoms with Gasteiger partial charge in [0.1, 0.15) is 45.2 Å². The average Bonchev–Trinajstić information content (AvgIpc) is 0.941. The maximum atomic E-state index is 14.1. The molecule has 12 rings (SSSR count). The second kappa shape index (κ2) is 33.9. The van der Waals surface area contributed by atoms with Gasteiger partial charge in [-0.05, 0) is 166 Å². The minimum Gasteiger partial charge on any atom is -0.493 e. The molecule has 4 aliphatic rings. The molecule has 0 unspecified atom stereocenters. The number of hydrogen-bond acceptors (Lipinski definition) is 17. The molecule has 538 valence electrons. The summed E-state index contributed by atoms with van der Waals surface area (Å²) in [6, 6.07) is 36.8. The fourth-order valence-electron chi connectivity index (χ4n) is 14.1. The Morgan fingerprint density at radius 2 is 0.850 bits per heavy atom. The number of furan rings is 3. The Balaban J connectivity index is 0.000000167. The first-order chi connectivity index (χ1) is 48.1. The summed E-state index contributed by atoms with van der Waals surface area (Å²) in [4.78, 5) is 63.1. The first-order valence-corrected chi connectivity index (χ1v) is 35.2. The number of para-hydroxylation sites is 3. The number of ether oxygens (including phenoxy) is 8. The topological polar surface area (TPSA) is 210 Å². The Morgan fingerprint density at radius 3 is 1.28 bits per heavy atom. The number of nitrogens with zero attached hydrogens (tertiary/aromatic N) is 5. The van der Waals surface area contributed by atoms with E-state index in [1.54, 1.807) is 55.4 Å². The van der Waals surface area contributed by atoms with Gasteiger partial charge in [-0.3, -0.25) is 14.5 Å². The lowest BCUT2D eigenvalue weighted by atomic mass is 9.89. The van der Waals surface area contributed by atoms with Crippen molar-refractivity contribution < 1.29 is 70.3 Å². The van der Waals surface area contributed by atoms with Crippen molar-refractivity contribution in [2.24, 2.45) is 5.92 Å². The Morgan fingerprint density at radius 1 is 0.460 bits per heavy atom. The highest BCUT2D eigenvalue weighted by Gasteiger charge is 2.37. The lowest BCUT2D eigenvalue weighted by molar-refractivity contribution is 0.0185. The first kappa shape index (κ1) is 73.6. The number of hydrogen-bond donors (Lipinski definition) is 1. The molecule has 0 spiro atoms. The van der Waals surface area contributed by atoms with Crippen molar-refractivity contribution in [3.8, 4) is 34.5 Å². The monoisotopic (exact) mass is 1370 g/mol. The van der Waals surface area contributed by atoms with Gasteiger partial charge in [-0.2, -0.15) is 0 Å². The number of fused-ring (bicyclic) bond motifs is 3. The Bertz CT molecular complexity index is 3880. The van der Waals surface area contributed by atoms with Crippen LogP contribution in [0.2, 0.25) is 0 Å². The fraction of sp³-hybridized carbons (Fsp3) is 0.494. The number of carbonyl (C=O) groups is 4. The largest absolute Gasteiger partial charge is 0.493 e. The van der Waals surface area contributed by atoms with Crippen LogP contribution in [0.3, 0.4) is 0 Å². The van der Waals surface area contributed by atoms with Gasteiger partial charge in [-0.1, -0.05) is 73.9 Å². The number of likely N-dealkylation sites (tertiary alicyclic amines) is 3. The molecule has 5 aromatic carbocycles. The highest BCUT2D eigenvalue weighted by Crippen LogP contribution is 2.41. The van der Waals surface area contributed by atoms with E-state index in [4.69, 9.17) is 51.1 Å². The molecule has 100 heavy (non-hydrogen) atoms. The zero-order valence-corrected chi connectivity index (χ0v) is 60.5. The molecule has 0 bridgehead atoms. The van der Waals surface area contributed by atoms with Crippen molar-refractivity contribution in [2.75, 3.05) is 88.5 Å². The molecule has 1 aliphatic carbocycles. The summed E-state index contributed by atoms with van der Waals surface area (Å²) < 4.78 is 62.1. The molecule has 3 atom stereocenters. The molecule has 6 heterocycles. The molecule has 1 saturated carbocycles. The van der Waals surface area contributed by atoms with Gasteiger partial charge in [0.2, 0.25) is 11.5 Å². The molecule has 21 heteroatoms. The number of methoxy groups -OCH3 is 6. The van der Waals surface area contributed by atoms with Gasteiger partial charge in [0, 0.05) is 78.6 Å². The van der Waals surface area contributed by atoms with Crippen LogP contribution in [-0.4, -0.2) is 166 Å². The van der Waals surface area contributed by atoms with E-state index in [0.29, 0.717) is 90.1 Å². The molecule has 1 N–H and O–H groups in total. The summed E-state index contributed by atoms with van der Waals surface area (Å²) in [6.45, 7) is 17.8. The quantitative estimate of drug-likeness (QED) is 0.0669.